The van der Waals surface area contributed by atoms with Crippen molar-refractivity contribution < 1.29 is 9.59 Å². The van der Waals surface area contributed by atoms with E-state index in [-0.39, 0.29) is 11.0 Å². The van der Waals surface area contributed by atoms with Crippen molar-refractivity contribution in [3.8, 4) is 11.1 Å². The Balaban J connectivity index is 1.64. The molecule has 0 fully saturated rings. The van der Waals surface area contributed by atoms with Crippen molar-refractivity contribution in [2.75, 3.05) is 5.32 Å². The number of primary amides is 1. The van der Waals surface area contributed by atoms with Crippen molar-refractivity contribution in [2.45, 2.75) is 0 Å². The van der Waals surface area contributed by atoms with Crippen LogP contribution >= 0.6 is 12.2 Å². The monoisotopic (exact) mass is 375 g/mol. The normalized spacial score (nSPS) is 10.1. The number of carbonyl (C=O) groups is 2. The van der Waals surface area contributed by atoms with Gasteiger partial charge in [-0.25, -0.2) is 0 Å². The first-order valence-electron chi connectivity index (χ1n) is 8.20. The molecule has 5 nitrogen and oxygen atoms in total. The molecule has 0 heterocycles. The summed E-state index contributed by atoms with van der Waals surface area (Å²) in [6.07, 6.45) is 0. The number of hydrogen-bond acceptors (Lipinski definition) is 3. The summed E-state index contributed by atoms with van der Waals surface area (Å²) in [6.45, 7) is 0. The van der Waals surface area contributed by atoms with E-state index in [2.05, 4.69) is 10.6 Å². The maximum absolute atomic E-state index is 12.4. The zero-order chi connectivity index (χ0) is 19.2. The molecule has 3 aromatic rings. The van der Waals surface area contributed by atoms with Crippen molar-refractivity contribution in [3.05, 3.63) is 90.0 Å². The number of nitrogens with two attached hydrogens (primary N) is 1. The predicted molar refractivity (Wildman–Crippen MR) is 111 cm³/mol. The van der Waals surface area contributed by atoms with Crippen LogP contribution in [-0.4, -0.2) is 16.9 Å². The van der Waals surface area contributed by atoms with Crippen molar-refractivity contribution in [1.29, 1.82) is 0 Å². The second-order valence-corrected chi connectivity index (χ2v) is 6.20. The quantitative estimate of drug-likeness (QED) is 0.609. The first-order chi connectivity index (χ1) is 13.0. The molecule has 0 aliphatic rings. The minimum atomic E-state index is -0.535. The second-order valence-electron chi connectivity index (χ2n) is 5.80. The summed E-state index contributed by atoms with van der Waals surface area (Å²) in [6, 6.07) is 23.7. The molecule has 0 radical (unpaired) electrons. The first kappa shape index (κ1) is 18.3. The molecule has 0 atom stereocenters. The average Bonchev–Trinajstić information content (AvgIpc) is 2.69. The van der Waals surface area contributed by atoms with E-state index in [1.165, 1.54) is 0 Å². The third-order valence-corrected chi connectivity index (χ3v) is 4.09. The van der Waals surface area contributed by atoms with E-state index < -0.39 is 5.91 Å². The maximum Gasteiger partial charge on any atom is 0.257 e. The highest BCUT2D eigenvalue weighted by atomic mass is 32.1. The molecule has 3 rings (SSSR count). The molecular formula is C21H17N3O2S. The van der Waals surface area contributed by atoms with E-state index in [1.54, 1.807) is 36.4 Å². The van der Waals surface area contributed by atoms with E-state index in [1.807, 2.05) is 42.5 Å². The van der Waals surface area contributed by atoms with Gasteiger partial charge in [-0.15, -0.1) is 0 Å². The molecule has 0 bridgehead atoms. The van der Waals surface area contributed by atoms with Gasteiger partial charge >= 0.3 is 0 Å². The Labute approximate surface area is 162 Å². The highest BCUT2D eigenvalue weighted by molar-refractivity contribution is 7.80. The van der Waals surface area contributed by atoms with E-state index in [9.17, 15) is 9.59 Å². The third-order valence-electron chi connectivity index (χ3n) is 3.89. The van der Waals surface area contributed by atoms with Crippen LogP contribution in [0.15, 0.2) is 78.9 Å². The molecule has 0 aromatic heterocycles. The Kier molecular flexibility index (Phi) is 5.58. The van der Waals surface area contributed by atoms with Gasteiger partial charge in [0, 0.05) is 16.8 Å². The molecule has 2 amide bonds. The van der Waals surface area contributed by atoms with Gasteiger partial charge in [-0.05, 0) is 53.7 Å². The fourth-order valence-electron chi connectivity index (χ4n) is 2.53. The minimum absolute atomic E-state index is 0.133. The summed E-state index contributed by atoms with van der Waals surface area (Å²) in [5, 5.41) is 5.62. The molecule has 4 N–H and O–H groups in total. The number of thiocarbonyl (C=S) groups is 1. The van der Waals surface area contributed by atoms with Crippen LogP contribution in [-0.2, 0) is 0 Å². The number of benzene rings is 3. The summed E-state index contributed by atoms with van der Waals surface area (Å²) in [5.41, 5.74) is 8.77. The summed E-state index contributed by atoms with van der Waals surface area (Å²) in [5.74, 6) is -0.856. The SMILES string of the molecule is NC(=O)c1cccc(NC(=S)NC(=O)c2ccc(-c3ccccc3)cc2)c1. The minimum Gasteiger partial charge on any atom is -0.366 e. The summed E-state index contributed by atoms with van der Waals surface area (Å²) >= 11 is 5.16. The lowest BCUT2D eigenvalue weighted by Crippen LogP contribution is -2.34. The van der Waals surface area contributed by atoms with Crippen LogP contribution in [0, 0.1) is 0 Å². The molecule has 0 saturated carbocycles. The van der Waals surface area contributed by atoms with Gasteiger partial charge in [-0.3, -0.25) is 14.9 Å². The predicted octanol–water partition coefficient (Wildman–Crippen LogP) is 3.58. The van der Waals surface area contributed by atoms with Crippen molar-refractivity contribution >= 4 is 34.8 Å². The van der Waals surface area contributed by atoms with Crippen molar-refractivity contribution in [1.82, 2.24) is 5.32 Å². The zero-order valence-corrected chi connectivity index (χ0v) is 15.1. The van der Waals surface area contributed by atoms with E-state index in [0.29, 0.717) is 16.8 Å². The van der Waals surface area contributed by atoms with Gasteiger partial charge in [0.1, 0.15) is 0 Å². The molecule has 0 unspecified atom stereocenters. The molecule has 27 heavy (non-hydrogen) atoms. The summed E-state index contributed by atoms with van der Waals surface area (Å²) < 4.78 is 0. The Morgan fingerprint density at radius 3 is 2.11 bits per heavy atom. The molecule has 0 aliphatic carbocycles. The van der Waals surface area contributed by atoms with Crippen LogP contribution in [0.2, 0.25) is 0 Å². The lowest BCUT2D eigenvalue weighted by molar-refractivity contribution is 0.0975. The van der Waals surface area contributed by atoms with Crippen LogP contribution in [0.3, 0.4) is 0 Å². The van der Waals surface area contributed by atoms with Gasteiger partial charge in [0.2, 0.25) is 5.91 Å². The molecule has 0 saturated heterocycles. The molecule has 0 spiro atoms. The number of nitrogens with one attached hydrogen (secondary N) is 2. The summed E-state index contributed by atoms with van der Waals surface area (Å²) in [4.78, 5) is 23.6. The molecular weight excluding hydrogens is 358 g/mol. The number of hydrogen-bond donors (Lipinski definition) is 3. The Morgan fingerprint density at radius 1 is 0.778 bits per heavy atom. The lowest BCUT2D eigenvalue weighted by Gasteiger charge is -2.10. The second kappa shape index (κ2) is 8.25. The topological polar surface area (TPSA) is 84.2 Å². The van der Waals surface area contributed by atoms with E-state index in [4.69, 9.17) is 18.0 Å². The van der Waals surface area contributed by atoms with Gasteiger partial charge in [0.15, 0.2) is 5.11 Å². The molecule has 3 aromatic carbocycles. The van der Waals surface area contributed by atoms with E-state index >= 15 is 0 Å². The highest BCUT2D eigenvalue weighted by Gasteiger charge is 2.09. The Hall–Kier alpha value is -3.51. The van der Waals surface area contributed by atoms with Crippen molar-refractivity contribution in [3.63, 3.8) is 0 Å². The fourth-order valence-corrected chi connectivity index (χ4v) is 2.74. The molecule has 6 heteroatoms. The average molecular weight is 375 g/mol. The van der Waals surface area contributed by atoms with Crippen LogP contribution in [0.4, 0.5) is 5.69 Å². The molecule has 134 valence electrons. The van der Waals surface area contributed by atoms with Crippen molar-refractivity contribution in [2.24, 2.45) is 5.73 Å². The van der Waals surface area contributed by atoms with Crippen LogP contribution < -0.4 is 16.4 Å². The standard InChI is InChI=1S/C21H17N3O2S/c22-19(25)17-7-4-8-18(13-17)23-21(27)24-20(26)16-11-9-15(10-12-16)14-5-2-1-3-6-14/h1-13H,(H2,22,25)(H2,23,24,26,27). The Morgan fingerprint density at radius 2 is 1.44 bits per heavy atom. The zero-order valence-electron chi connectivity index (χ0n) is 14.3. The van der Waals surface area contributed by atoms with E-state index in [0.717, 1.165) is 11.1 Å². The first-order valence-corrected chi connectivity index (χ1v) is 8.61. The number of carbonyl (C=O) groups excluding carboxylic acids is 2. The van der Waals surface area contributed by atoms with Gasteiger partial charge in [-0.1, -0.05) is 48.5 Å². The molecule has 0 aliphatic heterocycles. The van der Waals surface area contributed by atoms with Gasteiger partial charge in [0.25, 0.3) is 5.91 Å². The van der Waals surface area contributed by atoms with Crippen LogP contribution in [0.1, 0.15) is 20.7 Å². The largest absolute Gasteiger partial charge is 0.366 e. The number of rotatable bonds is 4. The van der Waals surface area contributed by atoms with Crippen LogP contribution in [0.25, 0.3) is 11.1 Å². The van der Waals surface area contributed by atoms with Gasteiger partial charge in [-0.2, -0.15) is 0 Å². The fraction of sp³-hybridized carbons (Fsp3) is 0. The smallest absolute Gasteiger partial charge is 0.257 e. The maximum atomic E-state index is 12.4. The summed E-state index contributed by atoms with van der Waals surface area (Å²) in [7, 11) is 0. The number of amides is 2. The van der Waals surface area contributed by atoms with Gasteiger partial charge < -0.3 is 11.1 Å². The van der Waals surface area contributed by atoms with Gasteiger partial charge in [0.05, 0.1) is 0 Å². The highest BCUT2D eigenvalue weighted by Crippen LogP contribution is 2.19. The number of anilines is 1. The lowest BCUT2D eigenvalue weighted by atomic mass is 10.0. The Bertz CT molecular complexity index is 986. The third kappa shape index (κ3) is 4.77. The van der Waals surface area contributed by atoms with Crippen LogP contribution in [0.5, 0.6) is 0 Å².